The Morgan fingerprint density at radius 2 is 1.83 bits per heavy atom. The first-order chi connectivity index (χ1) is 11.1. The zero-order valence-electron chi connectivity index (χ0n) is 12.4. The SMILES string of the molecule is C[C@@H](NC(=O)c1cc(=O)c2ccccc2o1)c1ccccc1Cl. The predicted molar refractivity (Wildman–Crippen MR) is 89.8 cm³/mol. The van der Waals surface area contributed by atoms with E-state index < -0.39 is 5.91 Å². The van der Waals surface area contributed by atoms with Gasteiger partial charge in [-0.15, -0.1) is 0 Å². The second-order valence-electron chi connectivity index (χ2n) is 5.19. The number of fused-ring (bicyclic) bond motifs is 1. The van der Waals surface area contributed by atoms with Gasteiger partial charge in [0.2, 0.25) is 0 Å². The van der Waals surface area contributed by atoms with Crippen LogP contribution < -0.4 is 10.7 Å². The molecule has 0 aliphatic heterocycles. The third-order valence-electron chi connectivity index (χ3n) is 3.58. The Labute approximate surface area is 137 Å². The van der Waals surface area contributed by atoms with E-state index in [9.17, 15) is 9.59 Å². The summed E-state index contributed by atoms with van der Waals surface area (Å²) in [6.45, 7) is 1.82. The quantitative estimate of drug-likeness (QED) is 0.792. The van der Waals surface area contributed by atoms with Crippen LogP contribution in [0.25, 0.3) is 11.0 Å². The molecule has 0 saturated carbocycles. The summed E-state index contributed by atoms with van der Waals surface area (Å²) in [6.07, 6.45) is 0. The maximum Gasteiger partial charge on any atom is 0.287 e. The monoisotopic (exact) mass is 327 g/mol. The summed E-state index contributed by atoms with van der Waals surface area (Å²) in [6, 6.07) is 15.0. The van der Waals surface area contributed by atoms with E-state index in [-0.39, 0.29) is 17.2 Å². The molecular weight excluding hydrogens is 314 g/mol. The van der Waals surface area contributed by atoms with Gasteiger partial charge in [0.15, 0.2) is 11.2 Å². The van der Waals surface area contributed by atoms with E-state index in [1.807, 2.05) is 25.1 Å². The highest BCUT2D eigenvalue weighted by Crippen LogP contribution is 2.22. The first-order valence-corrected chi connectivity index (χ1v) is 7.52. The maximum atomic E-state index is 12.3. The van der Waals surface area contributed by atoms with Gasteiger partial charge in [-0.3, -0.25) is 9.59 Å². The Morgan fingerprint density at radius 3 is 2.61 bits per heavy atom. The molecule has 1 heterocycles. The molecular formula is C18H14ClNO3. The zero-order chi connectivity index (χ0) is 16.4. The molecule has 1 N–H and O–H groups in total. The molecule has 4 nitrogen and oxygen atoms in total. The van der Waals surface area contributed by atoms with Gasteiger partial charge in [0.05, 0.1) is 11.4 Å². The highest BCUT2D eigenvalue weighted by atomic mass is 35.5. The fourth-order valence-corrected chi connectivity index (χ4v) is 2.69. The van der Waals surface area contributed by atoms with Crippen LogP contribution in [0.1, 0.15) is 29.1 Å². The largest absolute Gasteiger partial charge is 0.451 e. The van der Waals surface area contributed by atoms with Crippen LogP contribution in [0.5, 0.6) is 0 Å². The molecule has 116 valence electrons. The van der Waals surface area contributed by atoms with Crippen LogP contribution in [0.3, 0.4) is 0 Å². The molecule has 0 aliphatic carbocycles. The van der Waals surface area contributed by atoms with E-state index in [0.717, 1.165) is 5.56 Å². The molecule has 5 heteroatoms. The van der Waals surface area contributed by atoms with Crippen molar-refractivity contribution in [3.8, 4) is 0 Å². The molecule has 1 atom stereocenters. The van der Waals surface area contributed by atoms with Crippen LogP contribution in [-0.2, 0) is 0 Å². The van der Waals surface area contributed by atoms with Crippen LogP contribution in [0.2, 0.25) is 5.02 Å². The number of hydrogen-bond acceptors (Lipinski definition) is 3. The number of para-hydroxylation sites is 1. The number of benzene rings is 2. The fourth-order valence-electron chi connectivity index (χ4n) is 2.39. The average molecular weight is 328 g/mol. The van der Waals surface area contributed by atoms with Crippen molar-refractivity contribution in [1.29, 1.82) is 0 Å². The first kappa shape index (κ1) is 15.3. The van der Waals surface area contributed by atoms with E-state index in [2.05, 4.69) is 5.32 Å². The molecule has 0 unspecified atom stereocenters. The van der Waals surface area contributed by atoms with Crippen molar-refractivity contribution in [1.82, 2.24) is 5.32 Å². The van der Waals surface area contributed by atoms with Crippen molar-refractivity contribution >= 4 is 28.5 Å². The standard InChI is InChI=1S/C18H14ClNO3/c1-11(12-6-2-4-8-14(12)19)20-18(22)17-10-15(21)13-7-3-5-9-16(13)23-17/h2-11H,1H3,(H,20,22)/t11-/m1/s1. The highest BCUT2D eigenvalue weighted by Gasteiger charge is 2.16. The van der Waals surface area contributed by atoms with Gasteiger partial charge >= 0.3 is 0 Å². The summed E-state index contributed by atoms with van der Waals surface area (Å²) in [5.74, 6) is -0.479. The first-order valence-electron chi connectivity index (χ1n) is 7.14. The molecule has 0 fully saturated rings. The average Bonchev–Trinajstić information content (AvgIpc) is 2.55. The van der Waals surface area contributed by atoms with Gasteiger partial charge in [0.1, 0.15) is 5.58 Å². The van der Waals surface area contributed by atoms with E-state index in [4.69, 9.17) is 16.0 Å². The number of nitrogens with one attached hydrogen (secondary N) is 1. The second kappa shape index (κ2) is 6.26. The van der Waals surface area contributed by atoms with Crippen LogP contribution in [0.15, 0.2) is 63.8 Å². The highest BCUT2D eigenvalue weighted by molar-refractivity contribution is 6.31. The topological polar surface area (TPSA) is 59.3 Å². The van der Waals surface area contributed by atoms with Gasteiger partial charge < -0.3 is 9.73 Å². The molecule has 0 spiro atoms. The summed E-state index contributed by atoms with van der Waals surface area (Å²) >= 11 is 6.13. The molecule has 1 aromatic heterocycles. The summed E-state index contributed by atoms with van der Waals surface area (Å²) in [4.78, 5) is 24.4. The van der Waals surface area contributed by atoms with Crippen molar-refractivity contribution in [3.05, 3.63) is 81.2 Å². The van der Waals surface area contributed by atoms with Gasteiger partial charge in [-0.1, -0.05) is 41.9 Å². The zero-order valence-corrected chi connectivity index (χ0v) is 13.1. The van der Waals surface area contributed by atoms with Crippen molar-refractivity contribution < 1.29 is 9.21 Å². The molecule has 0 saturated heterocycles. The van der Waals surface area contributed by atoms with Gasteiger partial charge in [0, 0.05) is 11.1 Å². The van der Waals surface area contributed by atoms with E-state index in [1.165, 1.54) is 6.07 Å². The number of halogens is 1. The van der Waals surface area contributed by atoms with E-state index >= 15 is 0 Å². The minimum atomic E-state index is -0.458. The molecule has 0 radical (unpaired) electrons. The Bertz CT molecular complexity index is 933. The normalized spacial score (nSPS) is 12.1. The van der Waals surface area contributed by atoms with Gasteiger partial charge in [0.25, 0.3) is 5.91 Å². The third-order valence-corrected chi connectivity index (χ3v) is 3.92. The summed E-state index contributed by atoms with van der Waals surface area (Å²) in [5, 5.41) is 3.81. The van der Waals surface area contributed by atoms with E-state index in [1.54, 1.807) is 30.3 Å². The Balaban J connectivity index is 1.89. The lowest BCUT2D eigenvalue weighted by Crippen LogP contribution is -2.27. The molecule has 1 amide bonds. The van der Waals surface area contributed by atoms with Crippen molar-refractivity contribution in [2.45, 2.75) is 13.0 Å². The maximum absolute atomic E-state index is 12.3. The molecule has 3 aromatic rings. The van der Waals surface area contributed by atoms with Crippen LogP contribution in [-0.4, -0.2) is 5.91 Å². The third kappa shape index (κ3) is 3.12. The molecule has 23 heavy (non-hydrogen) atoms. The minimum Gasteiger partial charge on any atom is -0.451 e. The smallest absolute Gasteiger partial charge is 0.287 e. The number of carbonyl (C=O) groups excluding carboxylic acids is 1. The predicted octanol–water partition coefficient (Wildman–Crippen LogP) is 3.94. The van der Waals surface area contributed by atoms with Gasteiger partial charge in [-0.2, -0.15) is 0 Å². The molecule has 2 aromatic carbocycles. The molecule has 0 bridgehead atoms. The summed E-state index contributed by atoms with van der Waals surface area (Å²) < 4.78 is 5.53. The Hall–Kier alpha value is -2.59. The number of amides is 1. The molecule has 3 rings (SSSR count). The van der Waals surface area contributed by atoms with Crippen LogP contribution in [0.4, 0.5) is 0 Å². The van der Waals surface area contributed by atoms with Crippen LogP contribution >= 0.6 is 11.6 Å². The Morgan fingerprint density at radius 1 is 1.13 bits per heavy atom. The van der Waals surface area contributed by atoms with Crippen molar-refractivity contribution in [2.75, 3.05) is 0 Å². The Kier molecular flexibility index (Phi) is 4.17. The van der Waals surface area contributed by atoms with E-state index in [0.29, 0.717) is 16.0 Å². The summed E-state index contributed by atoms with van der Waals surface area (Å²) in [7, 11) is 0. The van der Waals surface area contributed by atoms with Gasteiger partial charge in [-0.25, -0.2) is 0 Å². The van der Waals surface area contributed by atoms with Gasteiger partial charge in [-0.05, 0) is 30.7 Å². The lowest BCUT2D eigenvalue weighted by molar-refractivity contribution is 0.0912. The number of carbonyl (C=O) groups is 1. The minimum absolute atomic E-state index is 0.0207. The lowest BCUT2D eigenvalue weighted by atomic mass is 10.1. The number of hydrogen-bond donors (Lipinski definition) is 1. The number of rotatable bonds is 3. The fraction of sp³-hybridized carbons (Fsp3) is 0.111. The van der Waals surface area contributed by atoms with Crippen LogP contribution in [0, 0.1) is 0 Å². The second-order valence-corrected chi connectivity index (χ2v) is 5.59. The van der Waals surface area contributed by atoms with Crippen molar-refractivity contribution in [2.24, 2.45) is 0 Å². The lowest BCUT2D eigenvalue weighted by Gasteiger charge is -2.15. The molecule has 0 aliphatic rings. The summed E-state index contributed by atoms with van der Waals surface area (Å²) in [5.41, 5.74) is 0.934. The van der Waals surface area contributed by atoms with Crippen molar-refractivity contribution in [3.63, 3.8) is 0 Å².